The smallest absolute Gasteiger partial charge is 0.305 e. The van der Waals surface area contributed by atoms with E-state index in [1.165, 1.54) is 11.0 Å². The molecule has 0 aliphatic rings. The number of halogens is 1. The number of benzene rings is 2. The van der Waals surface area contributed by atoms with Crippen LogP contribution < -0.4 is 4.74 Å². The van der Waals surface area contributed by atoms with Crippen molar-refractivity contribution >= 4 is 11.6 Å². The largest absolute Gasteiger partial charge is 0.490 e. The molecule has 0 aliphatic carbocycles. The third-order valence-corrected chi connectivity index (χ3v) is 3.45. The summed E-state index contributed by atoms with van der Waals surface area (Å²) in [6.07, 6.45) is 1.64. The second-order valence-electron chi connectivity index (χ2n) is 5.33. The van der Waals surface area contributed by atoms with E-state index in [1.807, 2.05) is 12.1 Å². The first-order valence-corrected chi connectivity index (χ1v) is 7.44. The van der Waals surface area contributed by atoms with E-state index in [9.17, 15) is 19.3 Å². The molecule has 2 rings (SSSR count). The van der Waals surface area contributed by atoms with Crippen molar-refractivity contribution in [1.29, 1.82) is 0 Å². The van der Waals surface area contributed by atoms with E-state index < -0.39 is 22.3 Å². The topological polar surface area (TPSA) is 72.7 Å². The average molecular weight is 344 g/mol. The zero-order valence-corrected chi connectivity index (χ0v) is 13.6. The first-order valence-electron chi connectivity index (χ1n) is 7.44. The fourth-order valence-electron chi connectivity index (χ4n) is 2.20. The first kappa shape index (κ1) is 18.1. The standard InChI is InChI=1S/C18H17FN2O4/c1-3-10-25-15-7-4-13(5-8-15)12-20(2)18(22)14-6-9-16(19)17(11-14)21(23)24/h3-9,11H,1,10,12H2,2H3. The van der Waals surface area contributed by atoms with Crippen LogP contribution in [0.5, 0.6) is 5.75 Å². The number of amides is 1. The Balaban J connectivity index is 2.08. The molecule has 0 saturated heterocycles. The van der Waals surface area contributed by atoms with Gasteiger partial charge in [-0.15, -0.1) is 0 Å². The summed E-state index contributed by atoms with van der Waals surface area (Å²) in [6.45, 7) is 4.27. The second kappa shape index (κ2) is 8.05. The quantitative estimate of drug-likeness (QED) is 0.437. The predicted octanol–water partition coefficient (Wildman–Crippen LogP) is 3.57. The molecular weight excluding hydrogens is 327 g/mol. The van der Waals surface area contributed by atoms with Crippen LogP contribution in [-0.4, -0.2) is 29.4 Å². The van der Waals surface area contributed by atoms with Gasteiger partial charge in [0.2, 0.25) is 5.82 Å². The molecule has 1 amide bonds. The van der Waals surface area contributed by atoms with Crippen molar-refractivity contribution in [3.05, 3.63) is 82.2 Å². The number of carbonyl (C=O) groups excluding carboxylic acids is 1. The molecule has 0 atom stereocenters. The second-order valence-corrected chi connectivity index (χ2v) is 5.33. The maximum atomic E-state index is 13.4. The lowest BCUT2D eigenvalue weighted by molar-refractivity contribution is -0.387. The number of hydrogen-bond acceptors (Lipinski definition) is 4. The summed E-state index contributed by atoms with van der Waals surface area (Å²) >= 11 is 0. The summed E-state index contributed by atoms with van der Waals surface area (Å²) < 4.78 is 18.8. The maximum Gasteiger partial charge on any atom is 0.305 e. The van der Waals surface area contributed by atoms with Crippen molar-refractivity contribution in [3.8, 4) is 5.75 Å². The van der Waals surface area contributed by atoms with E-state index in [-0.39, 0.29) is 5.56 Å². The normalized spacial score (nSPS) is 10.2. The lowest BCUT2D eigenvalue weighted by Gasteiger charge is -2.17. The van der Waals surface area contributed by atoms with Crippen molar-refractivity contribution in [2.24, 2.45) is 0 Å². The van der Waals surface area contributed by atoms with Gasteiger partial charge in [0.1, 0.15) is 12.4 Å². The highest BCUT2D eigenvalue weighted by atomic mass is 19.1. The number of nitro benzene ring substituents is 1. The van der Waals surface area contributed by atoms with E-state index >= 15 is 0 Å². The number of carbonyl (C=O) groups is 1. The molecule has 0 radical (unpaired) electrons. The molecule has 25 heavy (non-hydrogen) atoms. The van der Waals surface area contributed by atoms with E-state index in [1.54, 1.807) is 25.3 Å². The zero-order valence-electron chi connectivity index (χ0n) is 13.6. The van der Waals surface area contributed by atoms with Crippen LogP contribution >= 0.6 is 0 Å². The number of nitro groups is 1. The van der Waals surface area contributed by atoms with Gasteiger partial charge in [0.25, 0.3) is 5.91 Å². The van der Waals surface area contributed by atoms with Gasteiger partial charge < -0.3 is 9.64 Å². The fraction of sp³-hybridized carbons (Fsp3) is 0.167. The van der Waals surface area contributed by atoms with E-state index in [0.717, 1.165) is 17.7 Å². The molecule has 0 N–H and O–H groups in total. The monoisotopic (exact) mass is 344 g/mol. The van der Waals surface area contributed by atoms with Gasteiger partial charge in [-0.05, 0) is 29.8 Å². The minimum absolute atomic E-state index is 0.0570. The third-order valence-electron chi connectivity index (χ3n) is 3.45. The highest BCUT2D eigenvalue weighted by molar-refractivity contribution is 5.94. The molecule has 0 fully saturated rings. The van der Waals surface area contributed by atoms with Crippen molar-refractivity contribution in [2.75, 3.05) is 13.7 Å². The van der Waals surface area contributed by atoms with Crippen LogP contribution in [0.1, 0.15) is 15.9 Å². The van der Waals surface area contributed by atoms with Gasteiger partial charge >= 0.3 is 5.69 Å². The van der Waals surface area contributed by atoms with Crippen molar-refractivity contribution in [1.82, 2.24) is 4.90 Å². The molecule has 7 heteroatoms. The minimum atomic E-state index is -0.973. The summed E-state index contributed by atoms with van der Waals surface area (Å²) in [6, 6.07) is 10.3. The molecule has 2 aromatic carbocycles. The van der Waals surface area contributed by atoms with E-state index in [4.69, 9.17) is 4.74 Å². The van der Waals surface area contributed by atoms with Gasteiger partial charge in [0.15, 0.2) is 0 Å². The lowest BCUT2D eigenvalue weighted by atomic mass is 10.1. The molecule has 0 saturated carbocycles. The van der Waals surface area contributed by atoms with Crippen LogP contribution in [0.3, 0.4) is 0 Å². The first-order chi connectivity index (χ1) is 11.9. The fourth-order valence-corrected chi connectivity index (χ4v) is 2.20. The molecule has 2 aromatic rings. The Morgan fingerprint density at radius 3 is 2.60 bits per heavy atom. The van der Waals surface area contributed by atoms with Gasteiger partial charge in [0.05, 0.1) is 4.92 Å². The lowest BCUT2D eigenvalue weighted by Crippen LogP contribution is -2.26. The Hall–Kier alpha value is -3.22. The number of ether oxygens (including phenoxy) is 1. The number of hydrogen-bond donors (Lipinski definition) is 0. The SMILES string of the molecule is C=CCOc1ccc(CN(C)C(=O)c2ccc(F)c([N+](=O)[O-])c2)cc1. The Bertz CT molecular complexity index is 790. The van der Waals surface area contributed by atoms with E-state index in [0.29, 0.717) is 18.9 Å². The van der Waals surface area contributed by atoms with Gasteiger partial charge in [0, 0.05) is 25.2 Å². The van der Waals surface area contributed by atoms with Gasteiger partial charge in [-0.2, -0.15) is 4.39 Å². The molecule has 0 aliphatic heterocycles. The molecule has 6 nitrogen and oxygen atoms in total. The highest BCUT2D eigenvalue weighted by Gasteiger charge is 2.19. The highest BCUT2D eigenvalue weighted by Crippen LogP contribution is 2.20. The zero-order chi connectivity index (χ0) is 18.4. The van der Waals surface area contributed by atoms with Crippen LogP contribution in [0.15, 0.2) is 55.1 Å². The Labute approximate surface area is 144 Å². The third kappa shape index (κ3) is 4.63. The summed E-state index contributed by atoms with van der Waals surface area (Å²) in [5.41, 5.74) is 0.197. The Kier molecular flexibility index (Phi) is 5.84. The van der Waals surface area contributed by atoms with Gasteiger partial charge in [-0.25, -0.2) is 0 Å². The number of nitrogens with zero attached hydrogens (tertiary/aromatic N) is 2. The molecular formula is C18H17FN2O4. The molecule has 0 unspecified atom stereocenters. The van der Waals surface area contributed by atoms with Gasteiger partial charge in [-0.3, -0.25) is 14.9 Å². The molecule has 0 aromatic heterocycles. The molecule has 0 bridgehead atoms. The molecule has 130 valence electrons. The van der Waals surface area contributed by atoms with Crippen LogP contribution in [0.25, 0.3) is 0 Å². The maximum absolute atomic E-state index is 13.4. The summed E-state index contributed by atoms with van der Waals surface area (Å²) in [5.74, 6) is -0.721. The summed E-state index contributed by atoms with van der Waals surface area (Å²) in [5, 5.41) is 10.8. The molecule has 0 heterocycles. The average Bonchev–Trinajstić information content (AvgIpc) is 2.60. The van der Waals surface area contributed by atoms with Crippen LogP contribution in [0, 0.1) is 15.9 Å². The Morgan fingerprint density at radius 1 is 1.32 bits per heavy atom. The summed E-state index contributed by atoms with van der Waals surface area (Å²) in [7, 11) is 1.57. The van der Waals surface area contributed by atoms with Crippen molar-refractivity contribution < 1.29 is 18.8 Å². The Morgan fingerprint density at radius 2 is 2.00 bits per heavy atom. The van der Waals surface area contributed by atoms with Crippen LogP contribution in [0.2, 0.25) is 0 Å². The van der Waals surface area contributed by atoms with Crippen molar-refractivity contribution in [3.63, 3.8) is 0 Å². The number of rotatable bonds is 7. The van der Waals surface area contributed by atoms with Gasteiger partial charge in [-0.1, -0.05) is 24.8 Å². The van der Waals surface area contributed by atoms with Crippen LogP contribution in [-0.2, 0) is 6.54 Å². The summed E-state index contributed by atoms with van der Waals surface area (Å²) in [4.78, 5) is 23.7. The van der Waals surface area contributed by atoms with E-state index in [2.05, 4.69) is 6.58 Å². The molecule has 0 spiro atoms. The van der Waals surface area contributed by atoms with Crippen molar-refractivity contribution in [2.45, 2.75) is 6.54 Å². The van der Waals surface area contributed by atoms with Crippen LogP contribution in [0.4, 0.5) is 10.1 Å². The predicted molar refractivity (Wildman–Crippen MR) is 91.0 cm³/mol. The minimum Gasteiger partial charge on any atom is -0.490 e.